The molecule has 0 saturated carbocycles. The molecule has 0 aromatic heterocycles. The van der Waals surface area contributed by atoms with Crippen molar-refractivity contribution in [2.45, 2.75) is 19.4 Å². The van der Waals surface area contributed by atoms with Gasteiger partial charge >= 0.3 is 0 Å². The van der Waals surface area contributed by atoms with E-state index in [0.29, 0.717) is 0 Å². The molecule has 0 bridgehead atoms. The van der Waals surface area contributed by atoms with E-state index in [1.165, 1.54) is 0 Å². The largest absolute Gasteiger partial charge is 0.496 e. The number of hydrogen-bond donors (Lipinski definition) is 1. The highest BCUT2D eigenvalue weighted by molar-refractivity contribution is 6.30. The SMILES string of the molecule is COc1ccc(Cl)cc1C[C@H](C)N. The van der Waals surface area contributed by atoms with Crippen LogP contribution in [-0.2, 0) is 6.42 Å². The Balaban J connectivity index is 2.94. The number of rotatable bonds is 3. The Kier molecular flexibility index (Phi) is 3.58. The maximum atomic E-state index is 5.86. The highest BCUT2D eigenvalue weighted by Crippen LogP contribution is 2.23. The lowest BCUT2D eigenvalue weighted by molar-refractivity contribution is 0.408. The number of benzene rings is 1. The second-order valence-electron chi connectivity index (χ2n) is 3.14. The minimum atomic E-state index is 0.118. The Labute approximate surface area is 83.6 Å². The molecule has 0 aliphatic rings. The molecule has 0 saturated heterocycles. The van der Waals surface area contributed by atoms with Crippen LogP contribution in [-0.4, -0.2) is 13.2 Å². The van der Waals surface area contributed by atoms with Crippen molar-refractivity contribution < 1.29 is 4.74 Å². The summed E-state index contributed by atoms with van der Waals surface area (Å²) in [5.41, 5.74) is 6.76. The van der Waals surface area contributed by atoms with Gasteiger partial charge in [-0.25, -0.2) is 0 Å². The molecule has 3 heteroatoms. The van der Waals surface area contributed by atoms with Gasteiger partial charge in [0.15, 0.2) is 0 Å². The standard InChI is InChI=1S/C10H14ClNO/c1-7(12)5-8-6-9(11)3-4-10(8)13-2/h3-4,6-7H,5,12H2,1-2H3/t7-/m0/s1. The minimum Gasteiger partial charge on any atom is -0.496 e. The molecule has 0 unspecified atom stereocenters. The van der Waals surface area contributed by atoms with Gasteiger partial charge in [0.1, 0.15) is 5.75 Å². The van der Waals surface area contributed by atoms with Gasteiger partial charge in [-0.05, 0) is 37.1 Å². The van der Waals surface area contributed by atoms with Crippen molar-refractivity contribution in [2.75, 3.05) is 7.11 Å². The van der Waals surface area contributed by atoms with Gasteiger partial charge in [-0.15, -0.1) is 0 Å². The Hall–Kier alpha value is -0.730. The van der Waals surface area contributed by atoms with E-state index in [4.69, 9.17) is 22.1 Å². The van der Waals surface area contributed by atoms with E-state index in [1.807, 2.05) is 25.1 Å². The van der Waals surface area contributed by atoms with Gasteiger partial charge < -0.3 is 10.5 Å². The molecule has 1 aromatic carbocycles. The zero-order chi connectivity index (χ0) is 9.84. The molecule has 2 nitrogen and oxygen atoms in total. The molecular formula is C10H14ClNO. The van der Waals surface area contributed by atoms with Crippen LogP contribution >= 0.6 is 11.6 Å². The van der Waals surface area contributed by atoms with Gasteiger partial charge in [0.05, 0.1) is 7.11 Å². The Bertz CT molecular complexity index is 286. The maximum Gasteiger partial charge on any atom is 0.122 e. The van der Waals surface area contributed by atoms with Gasteiger partial charge in [-0.2, -0.15) is 0 Å². The zero-order valence-corrected chi connectivity index (χ0v) is 8.64. The topological polar surface area (TPSA) is 35.2 Å². The first-order valence-corrected chi connectivity index (χ1v) is 4.59. The van der Waals surface area contributed by atoms with Crippen molar-refractivity contribution in [2.24, 2.45) is 5.73 Å². The van der Waals surface area contributed by atoms with Crippen molar-refractivity contribution in [3.05, 3.63) is 28.8 Å². The molecule has 1 atom stereocenters. The molecular weight excluding hydrogens is 186 g/mol. The second kappa shape index (κ2) is 4.49. The van der Waals surface area contributed by atoms with Gasteiger partial charge in [0, 0.05) is 11.1 Å². The molecule has 13 heavy (non-hydrogen) atoms. The second-order valence-corrected chi connectivity index (χ2v) is 3.57. The Morgan fingerprint density at radius 2 is 2.23 bits per heavy atom. The maximum absolute atomic E-state index is 5.86. The van der Waals surface area contributed by atoms with Crippen LogP contribution in [0.4, 0.5) is 0 Å². The average Bonchev–Trinajstić information content (AvgIpc) is 2.03. The minimum absolute atomic E-state index is 0.118. The molecule has 0 radical (unpaired) electrons. The third kappa shape index (κ3) is 2.90. The first-order chi connectivity index (χ1) is 6.13. The van der Waals surface area contributed by atoms with Crippen LogP contribution < -0.4 is 10.5 Å². The van der Waals surface area contributed by atoms with Crippen LogP contribution in [0.2, 0.25) is 5.02 Å². The number of methoxy groups -OCH3 is 1. The molecule has 1 aromatic rings. The van der Waals surface area contributed by atoms with Crippen LogP contribution in [0.3, 0.4) is 0 Å². The first kappa shape index (κ1) is 10.4. The van der Waals surface area contributed by atoms with Gasteiger partial charge in [-0.3, -0.25) is 0 Å². The van der Waals surface area contributed by atoms with Crippen molar-refractivity contribution in [3.8, 4) is 5.75 Å². The van der Waals surface area contributed by atoms with E-state index in [-0.39, 0.29) is 6.04 Å². The van der Waals surface area contributed by atoms with Crippen LogP contribution in [0, 0.1) is 0 Å². The molecule has 1 rings (SSSR count). The summed E-state index contributed by atoms with van der Waals surface area (Å²) in [6.45, 7) is 1.96. The van der Waals surface area contributed by atoms with E-state index < -0.39 is 0 Å². The number of halogens is 1. The third-order valence-electron chi connectivity index (χ3n) is 1.78. The molecule has 0 amide bonds. The fraction of sp³-hybridized carbons (Fsp3) is 0.400. The van der Waals surface area contributed by atoms with Gasteiger partial charge in [0.2, 0.25) is 0 Å². The smallest absolute Gasteiger partial charge is 0.122 e. The quantitative estimate of drug-likeness (QED) is 0.811. The normalized spacial score (nSPS) is 12.6. The summed E-state index contributed by atoms with van der Waals surface area (Å²) in [5, 5.41) is 0.719. The van der Waals surface area contributed by atoms with Crippen molar-refractivity contribution in [1.82, 2.24) is 0 Å². The van der Waals surface area contributed by atoms with Crippen LogP contribution in [0.25, 0.3) is 0 Å². The van der Waals surface area contributed by atoms with E-state index in [1.54, 1.807) is 7.11 Å². The fourth-order valence-corrected chi connectivity index (χ4v) is 1.45. The molecule has 0 aliphatic carbocycles. The van der Waals surface area contributed by atoms with Gasteiger partial charge in [-0.1, -0.05) is 11.6 Å². The van der Waals surface area contributed by atoms with Crippen molar-refractivity contribution in [3.63, 3.8) is 0 Å². The van der Waals surface area contributed by atoms with Crippen molar-refractivity contribution >= 4 is 11.6 Å². The van der Waals surface area contributed by atoms with E-state index in [2.05, 4.69) is 0 Å². The summed E-state index contributed by atoms with van der Waals surface area (Å²) in [4.78, 5) is 0. The molecule has 0 fully saturated rings. The number of ether oxygens (including phenoxy) is 1. The van der Waals surface area contributed by atoms with Crippen LogP contribution in [0.15, 0.2) is 18.2 Å². The third-order valence-corrected chi connectivity index (χ3v) is 2.02. The number of hydrogen-bond acceptors (Lipinski definition) is 2. The van der Waals surface area contributed by atoms with E-state index in [0.717, 1.165) is 22.8 Å². The lowest BCUT2D eigenvalue weighted by atomic mass is 10.1. The predicted molar refractivity (Wildman–Crippen MR) is 55.4 cm³/mol. The molecule has 0 aliphatic heterocycles. The summed E-state index contributed by atoms with van der Waals surface area (Å²) in [6.07, 6.45) is 0.781. The predicted octanol–water partition coefficient (Wildman–Crippen LogP) is 2.24. The molecule has 0 heterocycles. The number of nitrogens with two attached hydrogens (primary N) is 1. The molecule has 0 spiro atoms. The highest BCUT2D eigenvalue weighted by Gasteiger charge is 2.05. The average molecular weight is 200 g/mol. The highest BCUT2D eigenvalue weighted by atomic mass is 35.5. The summed E-state index contributed by atoms with van der Waals surface area (Å²) in [6, 6.07) is 5.68. The summed E-state index contributed by atoms with van der Waals surface area (Å²) < 4.78 is 5.19. The fourth-order valence-electron chi connectivity index (χ4n) is 1.25. The Morgan fingerprint density at radius 3 is 2.77 bits per heavy atom. The van der Waals surface area contributed by atoms with E-state index in [9.17, 15) is 0 Å². The van der Waals surface area contributed by atoms with Crippen LogP contribution in [0.5, 0.6) is 5.75 Å². The Morgan fingerprint density at radius 1 is 1.54 bits per heavy atom. The van der Waals surface area contributed by atoms with E-state index >= 15 is 0 Å². The summed E-state index contributed by atoms with van der Waals surface area (Å²) in [7, 11) is 1.65. The van der Waals surface area contributed by atoms with Gasteiger partial charge in [0.25, 0.3) is 0 Å². The zero-order valence-electron chi connectivity index (χ0n) is 7.88. The lowest BCUT2D eigenvalue weighted by Gasteiger charge is -2.10. The molecule has 72 valence electrons. The first-order valence-electron chi connectivity index (χ1n) is 4.21. The monoisotopic (exact) mass is 199 g/mol. The van der Waals surface area contributed by atoms with Crippen molar-refractivity contribution in [1.29, 1.82) is 0 Å². The molecule has 2 N–H and O–H groups in total. The summed E-state index contributed by atoms with van der Waals surface area (Å²) in [5.74, 6) is 0.849. The van der Waals surface area contributed by atoms with Crippen LogP contribution in [0.1, 0.15) is 12.5 Å². The lowest BCUT2D eigenvalue weighted by Crippen LogP contribution is -2.18. The summed E-state index contributed by atoms with van der Waals surface area (Å²) >= 11 is 5.86.